The van der Waals surface area contributed by atoms with Gasteiger partial charge in [-0.25, -0.2) is 4.98 Å². The van der Waals surface area contributed by atoms with Gasteiger partial charge in [-0.1, -0.05) is 30.8 Å². The summed E-state index contributed by atoms with van der Waals surface area (Å²) in [5.41, 5.74) is 1.32. The molecule has 0 spiro atoms. The molecular formula is C18H12N2O3. The number of rotatable bonds is 2. The second kappa shape index (κ2) is 5.35. The van der Waals surface area contributed by atoms with Crippen molar-refractivity contribution in [1.82, 2.24) is 4.98 Å². The van der Waals surface area contributed by atoms with Crippen LogP contribution in [0.1, 0.15) is 16.8 Å². The summed E-state index contributed by atoms with van der Waals surface area (Å²) in [5.74, 6) is -1.60. The Hall–Kier alpha value is -3.52. The minimum atomic E-state index is -0.659. The molecule has 1 aromatic heterocycles. The summed E-state index contributed by atoms with van der Waals surface area (Å²) in [6.07, 6.45) is 0. The molecule has 2 aromatic carbocycles. The Balaban J connectivity index is 2.16. The molecule has 0 atom stereocenters. The fraction of sp³-hybridized carbons (Fsp3) is 0. The summed E-state index contributed by atoms with van der Waals surface area (Å²) < 4.78 is 0. The van der Waals surface area contributed by atoms with E-state index in [2.05, 4.69) is 11.6 Å². The van der Waals surface area contributed by atoms with Crippen molar-refractivity contribution < 1.29 is 15.3 Å². The van der Waals surface area contributed by atoms with E-state index in [0.29, 0.717) is 11.3 Å². The van der Waals surface area contributed by atoms with Gasteiger partial charge in [0, 0.05) is 16.5 Å². The first-order valence-corrected chi connectivity index (χ1v) is 6.76. The van der Waals surface area contributed by atoms with E-state index in [4.69, 9.17) is 5.26 Å². The van der Waals surface area contributed by atoms with Crippen molar-refractivity contribution in [1.29, 1.82) is 5.26 Å². The quantitative estimate of drug-likeness (QED) is 0.498. The number of phenolic OH excluding ortho intramolecular Hbond substituents is 3. The van der Waals surface area contributed by atoms with Crippen molar-refractivity contribution in [2.75, 3.05) is 0 Å². The molecule has 0 bridgehead atoms. The maximum Gasteiger partial charge on any atom is 0.179 e. The highest BCUT2D eigenvalue weighted by Gasteiger charge is 2.19. The highest BCUT2D eigenvalue weighted by atomic mass is 16.3. The van der Waals surface area contributed by atoms with Gasteiger partial charge in [-0.05, 0) is 18.2 Å². The molecule has 0 fully saturated rings. The van der Waals surface area contributed by atoms with Crippen molar-refractivity contribution in [3.05, 3.63) is 65.9 Å². The van der Waals surface area contributed by atoms with Crippen LogP contribution in [0.4, 0.5) is 0 Å². The molecule has 0 unspecified atom stereocenters. The van der Waals surface area contributed by atoms with Crippen LogP contribution in [0.2, 0.25) is 0 Å². The maximum absolute atomic E-state index is 10.2. The lowest BCUT2D eigenvalue weighted by atomic mass is 9.98. The molecule has 3 rings (SSSR count). The highest BCUT2D eigenvalue weighted by molar-refractivity contribution is 5.87. The van der Waals surface area contributed by atoms with Crippen LogP contribution in [0.25, 0.3) is 16.5 Å². The summed E-state index contributed by atoms with van der Waals surface area (Å²) in [5, 5.41) is 39.5. The smallest absolute Gasteiger partial charge is 0.179 e. The van der Waals surface area contributed by atoms with Crippen LogP contribution in [0.3, 0.4) is 0 Å². The van der Waals surface area contributed by atoms with E-state index in [1.807, 2.05) is 30.3 Å². The van der Waals surface area contributed by atoms with Crippen LogP contribution < -0.4 is 0 Å². The first kappa shape index (κ1) is 14.4. The Morgan fingerprint density at radius 2 is 1.78 bits per heavy atom. The summed E-state index contributed by atoms with van der Waals surface area (Å²) in [4.78, 5) is 4.46. The lowest BCUT2D eigenvalue weighted by Crippen LogP contribution is -1.94. The fourth-order valence-electron chi connectivity index (χ4n) is 2.36. The lowest BCUT2D eigenvalue weighted by molar-refractivity contribution is 0.394. The van der Waals surface area contributed by atoms with Gasteiger partial charge in [-0.15, -0.1) is 0 Å². The standard InChI is InChI=1S/C18H12N2O3/c1-10(12-8-16(21)18(23)13(9-19)17(12)22)14-7-6-11-4-2-3-5-15(11)20-14/h2-8,21-23H,1H2. The molecule has 23 heavy (non-hydrogen) atoms. The Kier molecular flexibility index (Phi) is 3.36. The molecular weight excluding hydrogens is 292 g/mol. The molecule has 3 aromatic rings. The predicted octanol–water partition coefficient (Wildman–Crippen LogP) is 3.28. The molecule has 5 nitrogen and oxygen atoms in total. The van der Waals surface area contributed by atoms with E-state index in [0.717, 1.165) is 17.0 Å². The number of nitriles is 1. The summed E-state index contributed by atoms with van der Waals surface area (Å²) in [6, 6.07) is 14.0. The van der Waals surface area contributed by atoms with Gasteiger partial charge in [0.2, 0.25) is 0 Å². The minimum Gasteiger partial charge on any atom is -0.506 e. The zero-order valence-electron chi connectivity index (χ0n) is 12.0. The van der Waals surface area contributed by atoms with Crippen LogP contribution in [0, 0.1) is 11.3 Å². The van der Waals surface area contributed by atoms with Crippen LogP contribution in [0.5, 0.6) is 17.2 Å². The molecule has 112 valence electrons. The number of aromatic nitrogens is 1. The number of phenols is 3. The van der Waals surface area contributed by atoms with Crippen molar-refractivity contribution in [2.45, 2.75) is 0 Å². The SMILES string of the molecule is C=C(c1ccc2ccccc2n1)c1cc(O)c(O)c(C#N)c1O. The number of pyridine rings is 1. The summed E-state index contributed by atoms with van der Waals surface area (Å²) in [7, 11) is 0. The van der Waals surface area contributed by atoms with E-state index in [9.17, 15) is 15.3 Å². The fourth-order valence-corrected chi connectivity index (χ4v) is 2.36. The number of para-hydroxylation sites is 1. The molecule has 0 aliphatic rings. The largest absolute Gasteiger partial charge is 0.506 e. The number of fused-ring (bicyclic) bond motifs is 1. The van der Waals surface area contributed by atoms with Crippen LogP contribution in [-0.2, 0) is 0 Å². The Labute approximate surface area is 132 Å². The van der Waals surface area contributed by atoms with Crippen LogP contribution in [-0.4, -0.2) is 20.3 Å². The molecule has 3 N–H and O–H groups in total. The van der Waals surface area contributed by atoms with E-state index < -0.39 is 22.8 Å². The molecule has 0 aliphatic heterocycles. The van der Waals surface area contributed by atoms with Crippen molar-refractivity contribution in [3.63, 3.8) is 0 Å². The molecule has 0 saturated carbocycles. The Morgan fingerprint density at radius 1 is 1.04 bits per heavy atom. The molecule has 0 radical (unpaired) electrons. The average molecular weight is 304 g/mol. The van der Waals surface area contributed by atoms with Crippen molar-refractivity contribution in [3.8, 4) is 23.3 Å². The third kappa shape index (κ3) is 2.32. The minimum absolute atomic E-state index is 0.139. The van der Waals surface area contributed by atoms with Crippen LogP contribution >= 0.6 is 0 Å². The summed E-state index contributed by atoms with van der Waals surface area (Å²) in [6.45, 7) is 3.88. The Morgan fingerprint density at radius 3 is 2.52 bits per heavy atom. The number of hydrogen-bond donors (Lipinski definition) is 3. The van der Waals surface area contributed by atoms with Crippen molar-refractivity contribution in [2.24, 2.45) is 0 Å². The van der Waals surface area contributed by atoms with Gasteiger partial charge in [0.15, 0.2) is 11.5 Å². The topological polar surface area (TPSA) is 97.4 Å². The van der Waals surface area contributed by atoms with Gasteiger partial charge in [0.1, 0.15) is 17.4 Å². The van der Waals surface area contributed by atoms with Gasteiger partial charge < -0.3 is 15.3 Å². The first-order valence-electron chi connectivity index (χ1n) is 6.76. The van der Waals surface area contributed by atoms with E-state index in [1.54, 1.807) is 12.1 Å². The number of benzene rings is 2. The van der Waals surface area contributed by atoms with Gasteiger partial charge in [-0.2, -0.15) is 5.26 Å². The van der Waals surface area contributed by atoms with E-state index in [1.165, 1.54) is 0 Å². The maximum atomic E-state index is 10.2. The van der Waals surface area contributed by atoms with Crippen molar-refractivity contribution >= 4 is 16.5 Å². The number of nitrogens with zero attached hydrogens (tertiary/aromatic N) is 2. The third-order valence-electron chi connectivity index (χ3n) is 3.60. The van der Waals surface area contributed by atoms with E-state index >= 15 is 0 Å². The van der Waals surface area contributed by atoms with Gasteiger partial charge in [0.05, 0.1) is 11.2 Å². The van der Waals surface area contributed by atoms with E-state index in [-0.39, 0.29) is 5.56 Å². The zero-order valence-corrected chi connectivity index (χ0v) is 12.0. The zero-order chi connectivity index (χ0) is 16.6. The molecule has 1 heterocycles. The molecule has 0 saturated heterocycles. The average Bonchev–Trinajstić information content (AvgIpc) is 2.57. The number of hydrogen-bond acceptors (Lipinski definition) is 5. The van der Waals surface area contributed by atoms with Gasteiger partial charge in [-0.3, -0.25) is 0 Å². The molecule has 0 amide bonds. The normalized spacial score (nSPS) is 10.4. The first-order chi connectivity index (χ1) is 11.0. The van der Waals surface area contributed by atoms with Crippen LogP contribution in [0.15, 0.2) is 49.0 Å². The second-order valence-electron chi connectivity index (χ2n) is 5.00. The van der Waals surface area contributed by atoms with Gasteiger partial charge >= 0.3 is 0 Å². The number of aromatic hydroxyl groups is 3. The monoisotopic (exact) mass is 304 g/mol. The molecule has 0 aliphatic carbocycles. The highest BCUT2D eigenvalue weighted by Crippen LogP contribution is 2.41. The molecule has 5 heteroatoms. The predicted molar refractivity (Wildman–Crippen MR) is 86.0 cm³/mol. The lowest BCUT2D eigenvalue weighted by Gasteiger charge is -2.12. The second-order valence-corrected chi connectivity index (χ2v) is 5.00. The summed E-state index contributed by atoms with van der Waals surface area (Å²) >= 11 is 0. The Bertz CT molecular complexity index is 987. The third-order valence-corrected chi connectivity index (χ3v) is 3.60. The van der Waals surface area contributed by atoms with Gasteiger partial charge in [0.25, 0.3) is 0 Å².